The van der Waals surface area contributed by atoms with Gasteiger partial charge in [0.25, 0.3) is 5.91 Å². The molecule has 0 unspecified atom stereocenters. The monoisotopic (exact) mass is 457 g/mol. The van der Waals surface area contributed by atoms with Crippen molar-refractivity contribution in [1.82, 2.24) is 24.4 Å². The van der Waals surface area contributed by atoms with Crippen molar-refractivity contribution in [2.45, 2.75) is 6.18 Å². The van der Waals surface area contributed by atoms with Crippen molar-refractivity contribution in [2.24, 2.45) is 0 Å². The standard InChI is InChI=1S/C19H16Cl2F3N5O/c1-27-4-6-28(7-5-27)18(30)15-10-17-25-14(11-2-3-12(20)13(21)8-11)9-16(19(22,23)24)29(17)26-15/h2-3,8-10H,4-7H2,1H3. The number of nitrogens with zero attached hydrogens (tertiary/aromatic N) is 5. The molecule has 30 heavy (non-hydrogen) atoms. The van der Waals surface area contributed by atoms with Crippen molar-refractivity contribution >= 4 is 34.8 Å². The smallest absolute Gasteiger partial charge is 0.335 e. The summed E-state index contributed by atoms with van der Waals surface area (Å²) < 4.78 is 41.8. The zero-order valence-electron chi connectivity index (χ0n) is 15.7. The Morgan fingerprint density at radius 1 is 1.03 bits per heavy atom. The first-order valence-corrected chi connectivity index (χ1v) is 9.80. The Hall–Kier alpha value is -2.36. The Labute approximate surface area is 179 Å². The summed E-state index contributed by atoms with van der Waals surface area (Å²) in [6.45, 7) is 2.34. The molecule has 4 rings (SSSR count). The summed E-state index contributed by atoms with van der Waals surface area (Å²) in [5.74, 6) is -0.419. The van der Waals surface area contributed by atoms with Crippen LogP contribution in [-0.2, 0) is 6.18 Å². The normalized spacial score (nSPS) is 15.7. The highest BCUT2D eigenvalue weighted by Crippen LogP contribution is 2.34. The molecule has 158 valence electrons. The van der Waals surface area contributed by atoms with Crippen LogP contribution in [-0.4, -0.2) is 63.5 Å². The van der Waals surface area contributed by atoms with Crippen LogP contribution in [0.1, 0.15) is 16.2 Å². The second kappa shape index (κ2) is 7.72. The molecule has 3 aromatic rings. The van der Waals surface area contributed by atoms with Gasteiger partial charge in [0.1, 0.15) is 0 Å². The fourth-order valence-electron chi connectivity index (χ4n) is 3.26. The predicted molar refractivity (Wildman–Crippen MR) is 107 cm³/mol. The third kappa shape index (κ3) is 3.97. The van der Waals surface area contributed by atoms with E-state index in [0.717, 1.165) is 6.07 Å². The average molecular weight is 458 g/mol. The first-order chi connectivity index (χ1) is 14.1. The van der Waals surface area contributed by atoms with Crippen LogP contribution in [0.4, 0.5) is 13.2 Å². The lowest BCUT2D eigenvalue weighted by molar-refractivity contribution is -0.142. The summed E-state index contributed by atoms with van der Waals surface area (Å²) in [6.07, 6.45) is -4.70. The molecule has 0 N–H and O–H groups in total. The van der Waals surface area contributed by atoms with E-state index in [1.54, 1.807) is 4.90 Å². The predicted octanol–water partition coefficient (Wildman–Crippen LogP) is 4.11. The summed E-state index contributed by atoms with van der Waals surface area (Å²) in [5.41, 5.74) is -0.782. The van der Waals surface area contributed by atoms with E-state index in [9.17, 15) is 18.0 Å². The SMILES string of the molecule is CN1CCN(C(=O)c2cc3nc(-c4ccc(Cl)c(Cl)c4)cc(C(F)(F)F)n3n2)CC1. The maximum absolute atomic E-state index is 13.7. The minimum atomic E-state index is -4.70. The molecule has 3 heterocycles. The number of rotatable bonds is 2. The van der Waals surface area contributed by atoms with E-state index in [4.69, 9.17) is 23.2 Å². The lowest BCUT2D eigenvalue weighted by Gasteiger charge is -2.31. The van der Waals surface area contributed by atoms with Crippen LogP contribution in [0.2, 0.25) is 10.0 Å². The number of fused-ring (bicyclic) bond motifs is 1. The Kier molecular flexibility index (Phi) is 5.37. The maximum Gasteiger partial charge on any atom is 0.433 e. The summed E-state index contributed by atoms with van der Waals surface area (Å²) in [4.78, 5) is 20.7. The zero-order valence-corrected chi connectivity index (χ0v) is 17.3. The van der Waals surface area contributed by atoms with E-state index in [2.05, 4.69) is 15.0 Å². The molecule has 1 fully saturated rings. The van der Waals surface area contributed by atoms with Crippen molar-refractivity contribution in [3.05, 3.63) is 51.8 Å². The van der Waals surface area contributed by atoms with Gasteiger partial charge >= 0.3 is 6.18 Å². The highest BCUT2D eigenvalue weighted by Gasteiger charge is 2.36. The largest absolute Gasteiger partial charge is 0.433 e. The number of aromatic nitrogens is 3. The molecule has 11 heteroatoms. The molecule has 1 saturated heterocycles. The van der Waals surface area contributed by atoms with Gasteiger partial charge in [-0.1, -0.05) is 29.3 Å². The number of benzene rings is 1. The minimum Gasteiger partial charge on any atom is -0.335 e. The van der Waals surface area contributed by atoms with E-state index in [1.807, 2.05) is 7.05 Å². The third-order valence-electron chi connectivity index (χ3n) is 4.94. The Bertz CT molecular complexity index is 1120. The number of hydrogen-bond donors (Lipinski definition) is 0. The summed E-state index contributed by atoms with van der Waals surface area (Å²) >= 11 is 11.9. The second-order valence-corrected chi connectivity index (χ2v) is 7.86. The van der Waals surface area contributed by atoms with Crippen molar-refractivity contribution in [2.75, 3.05) is 33.2 Å². The summed E-state index contributed by atoms with van der Waals surface area (Å²) in [7, 11) is 1.94. The van der Waals surface area contributed by atoms with E-state index >= 15 is 0 Å². The molecule has 2 aromatic heterocycles. The first kappa shape index (κ1) is 20.9. The quantitative estimate of drug-likeness (QED) is 0.580. The molecular formula is C19H16Cl2F3N5O. The number of carbonyl (C=O) groups excluding carboxylic acids is 1. The number of halogens is 5. The van der Waals surface area contributed by atoms with Crippen LogP contribution in [0.3, 0.4) is 0 Å². The highest BCUT2D eigenvalue weighted by atomic mass is 35.5. The van der Waals surface area contributed by atoms with Gasteiger partial charge in [-0.3, -0.25) is 4.79 Å². The first-order valence-electron chi connectivity index (χ1n) is 9.05. The van der Waals surface area contributed by atoms with Gasteiger partial charge in [0, 0.05) is 37.8 Å². The number of piperazine rings is 1. The molecule has 0 saturated carbocycles. The van der Waals surface area contributed by atoms with Gasteiger partial charge in [0.05, 0.1) is 15.7 Å². The van der Waals surface area contributed by atoms with Crippen LogP contribution in [0, 0.1) is 0 Å². The molecule has 1 aromatic carbocycles. The van der Waals surface area contributed by atoms with Crippen LogP contribution in [0.25, 0.3) is 16.9 Å². The fraction of sp³-hybridized carbons (Fsp3) is 0.316. The van der Waals surface area contributed by atoms with Gasteiger partial charge in [0.2, 0.25) is 0 Å². The van der Waals surface area contributed by atoms with Crippen LogP contribution in [0.5, 0.6) is 0 Å². The van der Waals surface area contributed by atoms with Gasteiger partial charge in [-0.25, -0.2) is 9.50 Å². The van der Waals surface area contributed by atoms with Crippen LogP contribution in [0.15, 0.2) is 30.3 Å². The van der Waals surface area contributed by atoms with Gasteiger partial charge in [-0.2, -0.15) is 18.3 Å². The van der Waals surface area contributed by atoms with E-state index in [0.29, 0.717) is 36.3 Å². The van der Waals surface area contributed by atoms with E-state index in [-0.39, 0.29) is 27.1 Å². The minimum absolute atomic E-state index is 0.0480. The van der Waals surface area contributed by atoms with Crippen molar-refractivity contribution in [3.8, 4) is 11.3 Å². The molecular weight excluding hydrogens is 442 g/mol. The van der Waals surface area contributed by atoms with Crippen LogP contribution >= 0.6 is 23.2 Å². The van der Waals surface area contributed by atoms with Crippen molar-refractivity contribution in [3.63, 3.8) is 0 Å². The Balaban J connectivity index is 1.80. The lowest BCUT2D eigenvalue weighted by Crippen LogP contribution is -2.47. The number of likely N-dealkylation sites (N-methyl/N-ethyl adjacent to an activating group) is 1. The van der Waals surface area contributed by atoms with Gasteiger partial charge in [-0.05, 0) is 25.2 Å². The molecule has 0 atom stereocenters. The van der Waals surface area contributed by atoms with Crippen molar-refractivity contribution < 1.29 is 18.0 Å². The van der Waals surface area contributed by atoms with Gasteiger partial charge in [0.15, 0.2) is 17.0 Å². The van der Waals surface area contributed by atoms with Crippen molar-refractivity contribution in [1.29, 1.82) is 0 Å². The maximum atomic E-state index is 13.7. The van der Waals surface area contributed by atoms with E-state index < -0.39 is 17.8 Å². The molecule has 0 aliphatic carbocycles. The molecule has 1 amide bonds. The van der Waals surface area contributed by atoms with Gasteiger partial charge in [-0.15, -0.1) is 0 Å². The number of carbonyl (C=O) groups is 1. The lowest BCUT2D eigenvalue weighted by atomic mass is 10.1. The Morgan fingerprint density at radius 3 is 2.37 bits per heavy atom. The highest BCUT2D eigenvalue weighted by molar-refractivity contribution is 6.42. The van der Waals surface area contributed by atoms with Crippen LogP contribution < -0.4 is 0 Å². The van der Waals surface area contributed by atoms with E-state index in [1.165, 1.54) is 24.3 Å². The average Bonchev–Trinajstić information content (AvgIpc) is 3.12. The molecule has 0 bridgehead atoms. The molecule has 1 aliphatic heterocycles. The number of amides is 1. The molecule has 0 radical (unpaired) electrons. The van der Waals surface area contributed by atoms with Gasteiger partial charge < -0.3 is 9.80 Å². The fourth-order valence-corrected chi connectivity index (χ4v) is 3.55. The Morgan fingerprint density at radius 2 is 1.73 bits per heavy atom. The second-order valence-electron chi connectivity index (χ2n) is 7.05. The molecule has 6 nitrogen and oxygen atoms in total. The topological polar surface area (TPSA) is 53.7 Å². The molecule has 0 spiro atoms. The summed E-state index contributed by atoms with van der Waals surface area (Å²) in [5, 5.41) is 4.40. The zero-order chi connectivity index (χ0) is 21.6. The molecule has 1 aliphatic rings. The number of alkyl halides is 3. The third-order valence-corrected chi connectivity index (χ3v) is 5.68. The number of hydrogen-bond acceptors (Lipinski definition) is 4. The summed E-state index contributed by atoms with van der Waals surface area (Å²) in [6, 6.07) is 6.60.